The molecule has 0 radical (unpaired) electrons. The Morgan fingerprint density at radius 3 is 3.06 bits per heavy atom. The van der Waals surface area contributed by atoms with Crippen LogP contribution in [0.25, 0.3) is 10.9 Å². The van der Waals surface area contributed by atoms with Gasteiger partial charge in [-0.25, -0.2) is 0 Å². The molecule has 1 aromatic carbocycles. The summed E-state index contributed by atoms with van der Waals surface area (Å²) < 4.78 is 6.73. The number of halogens is 1. The molecule has 0 amide bonds. The molecule has 5 heteroatoms. The lowest BCUT2D eigenvalue weighted by atomic mass is 10.2. The topological polar surface area (TPSA) is 43.9 Å². The minimum absolute atomic E-state index is 0.584. The Balaban J connectivity index is 2.08. The van der Waals surface area contributed by atoms with Crippen LogP contribution >= 0.6 is 11.6 Å². The molecule has 0 aliphatic carbocycles. The van der Waals surface area contributed by atoms with Crippen LogP contribution in [0.1, 0.15) is 5.82 Å². The minimum atomic E-state index is 0.584. The predicted octanol–water partition coefficient (Wildman–Crippen LogP) is 2.73. The lowest BCUT2D eigenvalue weighted by molar-refractivity contribution is 0.408. The molecule has 0 unspecified atom stereocenters. The molecular weight excluding hydrogens is 226 g/mol. The lowest BCUT2D eigenvalue weighted by Crippen LogP contribution is -1.99. The van der Waals surface area contributed by atoms with E-state index in [1.54, 1.807) is 0 Å². The fraction of sp³-hybridized carbons (Fsp3) is 0.0909. The average Bonchev–Trinajstić information content (AvgIpc) is 2.90. The number of hydrogen-bond donors (Lipinski definition) is 0. The molecule has 16 heavy (non-hydrogen) atoms. The Labute approximate surface area is 96.4 Å². The van der Waals surface area contributed by atoms with E-state index in [0.717, 1.165) is 15.9 Å². The number of fused-ring (bicyclic) bond motifs is 1. The number of rotatable bonds is 2. The highest BCUT2D eigenvalue weighted by Crippen LogP contribution is 2.24. The van der Waals surface area contributed by atoms with Gasteiger partial charge in [0.25, 0.3) is 0 Å². The molecule has 0 aliphatic rings. The van der Waals surface area contributed by atoms with Crippen LogP contribution in [-0.2, 0) is 6.54 Å². The molecule has 2 heterocycles. The van der Waals surface area contributed by atoms with Gasteiger partial charge in [0.05, 0.1) is 6.54 Å². The highest BCUT2D eigenvalue weighted by atomic mass is 35.5. The summed E-state index contributed by atoms with van der Waals surface area (Å²) >= 11 is 6.09. The van der Waals surface area contributed by atoms with Crippen LogP contribution in [0.4, 0.5) is 0 Å². The number of aromatic nitrogens is 3. The second-order valence-corrected chi connectivity index (χ2v) is 3.87. The van der Waals surface area contributed by atoms with Crippen LogP contribution in [0.15, 0.2) is 41.4 Å². The zero-order chi connectivity index (χ0) is 11.0. The highest BCUT2D eigenvalue weighted by molar-refractivity contribution is 6.35. The molecule has 0 atom stereocenters. The summed E-state index contributed by atoms with van der Waals surface area (Å²) in [6.45, 7) is 0.584. The Morgan fingerprint density at radius 1 is 1.31 bits per heavy atom. The van der Waals surface area contributed by atoms with E-state index in [1.807, 2.05) is 35.0 Å². The van der Waals surface area contributed by atoms with Crippen LogP contribution in [-0.4, -0.2) is 14.7 Å². The Hall–Kier alpha value is -1.81. The second-order valence-electron chi connectivity index (χ2n) is 3.46. The van der Waals surface area contributed by atoms with E-state index in [0.29, 0.717) is 12.4 Å². The monoisotopic (exact) mass is 233 g/mol. The van der Waals surface area contributed by atoms with Crippen molar-refractivity contribution in [2.24, 2.45) is 0 Å². The summed E-state index contributed by atoms with van der Waals surface area (Å²) in [6, 6.07) is 7.80. The normalized spacial score (nSPS) is 11.1. The van der Waals surface area contributed by atoms with E-state index in [-0.39, 0.29) is 0 Å². The van der Waals surface area contributed by atoms with Crippen molar-refractivity contribution >= 4 is 22.5 Å². The van der Waals surface area contributed by atoms with Gasteiger partial charge < -0.3 is 9.09 Å². The fourth-order valence-electron chi connectivity index (χ4n) is 1.74. The first-order valence-corrected chi connectivity index (χ1v) is 5.21. The fourth-order valence-corrected chi connectivity index (χ4v) is 1.97. The van der Waals surface area contributed by atoms with E-state index >= 15 is 0 Å². The van der Waals surface area contributed by atoms with Gasteiger partial charge in [-0.2, -0.15) is 4.98 Å². The Morgan fingerprint density at radius 2 is 2.25 bits per heavy atom. The molecule has 0 saturated carbocycles. The maximum Gasteiger partial charge on any atom is 0.213 e. The minimum Gasteiger partial charge on any atom is -0.343 e. The molecule has 0 N–H and O–H groups in total. The van der Waals surface area contributed by atoms with E-state index in [2.05, 4.69) is 10.1 Å². The standard InChI is InChI=1S/C11H8ClN3O/c12-9-2-1-3-10-8(9)4-5-15(10)6-11-13-7-16-14-11/h1-5,7H,6H2. The largest absolute Gasteiger partial charge is 0.343 e. The van der Waals surface area contributed by atoms with Gasteiger partial charge in [0, 0.05) is 22.1 Å². The van der Waals surface area contributed by atoms with Crippen molar-refractivity contribution < 1.29 is 4.52 Å². The summed E-state index contributed by atoms with van der Waals surface area (Å²) in [4.78, 5) is 3.99. The maximum atomic E-state index is 6.09. The molecule has 2 aromatic heterocycles. The number of hydrogen-bond acceptors (Lipinski definition) is 3. The van der Waals surface area contributed by atoms with Crippen molar-refractivity contribution in [1.29, 1.82) is 0 Å². The third kappa shape index (κ3) is 1.47. The third-order valence-corrected chi connectivity index (χ3v) is 2.81. The molecule has 80 valence electrons. The summed E-state index contributed by atoms with van der Waals surface area (Å²) in [7, 11) is 0. The predicted molar refractivity (Wildman–Crippen MR) is 60.3 cm³/mol. The molecule has 4 nitrogen and oxygen atoms in total. The van der Waals surface area contributed by atoms with E-state index in [1.165, 1.54) is 6.39 Å². The Bertz CT molecular complexity index is 615. The van der Waals surface area contributed by atoms with Gasteiger partial charge in [0.1, 0.15) is 0 Å². The summed E-state index contributed by atoms with van der Waals surface area (Å²) in [6.07, 6.45) is 3.29. The zero-order valence-corrected chi connectivity index (χ0v) is 9.05. The number of nitrogens with zero attached hydrogens (tertiary/aromatic N) is 3. The van der Waals surface area contributed by atoms with Crippen molar-refractivity contribution in [2.75, 3.05) is 0 Å². The van der Waals surface area contributed by atoms with Crippen LogP contribution in [0.5, 0.6) is 0 Å². The van der Waals surface area contributed by atoms with Gasteiger partial charge in [-0.05, 0) is 18.2 Å². The van der Waals surface area contributed by atoms with Crippen LogP contribution in [0.3, 0.4) is 0 Å². The summed E-state index contributed by atoms with van der Waals surface area (Å²) in [5.41, 5.74) is 1.07. The first-order chi connectivity index (χ1) is 7.84. The van der Waals surface area contributed by atoms with Crippen molar-refractivity contribution in [3.8, 4) is 0 Å². The molecular formula is C11H8ClN3O. The lowest BCUT2D eigenvalue weighted by Gasteiger charge is -2.01. The molecule has 0 spiro atoms. The first-order valence-electron chi connectivity index (χ1n) is 4.83. The van der Waals surface area contributed by atoms with E-state index in [9.17, 15) is 0 Å². The van der Waals surface area contributed by atoms with Gasteiger partial charge in [-0.3, -0.25) is 0 Å². The maximum absolute atomic E-state index is 6.09. The van der Waals surface area contributed by atoms with Gasteiger partial charge in [0.15, 0.2) is 5.82 Å². The molecule has 0 saturated heterocycles. The van der Waals surface area contributed by atoms with Gasteiger partial charge in [-0.1, -0.05) is 22.8 Å². The third-order valence-electron chi connectivity index (χ3n) is 2.48. The smallest absolute Gasteiger partial charge is 0.213 e. The second kappa shape index (κ2) is 3.64. The average molecular weight is 234 g/mol. The highest BCUT2D eigenvalue weighted by Gasteiger charge is 2.06. The molecule has 0 bridgehead atoms. The Kier molecular flexibility index (Phi) is 2.15. The van der Waals surface area contributed by atoms with Crippen molar-refractivity contribution in [3.63, 3.8) is 0 Å². The van der Waals surface area contributed by atoms with Gasteiger partial charge in [0.2, 0.25) is 6.39 Å². The van der Waals surface area contributed by atoms with Gasteiger partial charge in [-0.15, -0.1) is 0 Å². The molecule has 3 aromatic rings. The quantitative estimate of drug-likeness (QED) is 0.684. The molecule has 3 rings (SSSR count). The number of benzene rings is 1. The van der Waals surface area contributed by atoms with Crippen LogP contribution < -0.4 is 0 Å². The summed E-state index contributed by atoms with van der Waals surface area (Å²) in [5, 5.41) is 5.57. The molecule has 0 aliphatic heterocycles. The first kappa shape index (κ1) is 9.42. The van der Waals surface area contributed by atoms with Crippen molar-refractivity contribution in [2.45, 2.75) is 6.54 Å². The van der Waals surface area contributed by atoms with Crippen LogP contribution in [0, 0.1) is 0 Å². The molecule has 0 fully saturated rings. The van der Waals surface area contributed by atoms with Crippen LogP contribution in [0.2, 0.25) is 5.02 Å². The van der Waals surface area contributed by atoms with E-state index in [4.69, 9.17) is 16.1 Å². The SMILES string of the molecule is Clc1cccc2c1ccn2Cc1ncon1. The van der Waals surface area contributed by atoms with Crippen molar-refractivity contribution in [3.05, 3.63) is 47.7 Å². The summed E-state index contributed by atoms with van der Waals surface area (Å²) in [5.74, 6) is 0.650. The van der Waals surface area contributed by atoms with Crippen molar-refractivity contribution in [1.82, 2.24) is 14.7 Å². The van der Waals surface area contributed by atoms with Gasteiger partial charge >= 0.3 is 0 Å². The van der Waals surface area contributed by atoms with E-state index < -0.39 is 0 Å². The zero-order valence-electron chi connectivity index (χ0n) is 8.30.